The lowest BCUT2D eigenvalue weighted by molar-refractivity contribution is 0.115. The third-order valence-electron chi connectivity index (χ3n) is 2.85. The van der Waals surface area contributed by atoms with Crippen LogP contribution in [0.4, 0.5) is 5.82 Å². The van der Waals surface area contributed by atoms with Crippen molar-refractivity contribution in [2.75, 3.05) is 24.6 Å². The molecule has 0 amide bonds. The van der Waals surface area contributed by atoms with Gasteiger partial charge in [0.2, 0.25) is 0 Å². The van der Waals surface area contributed by atoms with Gasteiger partial charge in [-0.05, 0) is 31.9 Å². The number of hydrogen-bond acceptors (Lipinski definition) is 3. The number of rotatable bonds is 4. The summed E-state index contributed by atoms with van der Waals surface area (Å²) in [6, 6.07) is 5.72. The summed E-state index contributed by atoms with van der Waals surface area (Å²) in [4.78, 5) is 6.53. The van der Waals surface area contributed by atoms with E-state index in [9.17, 15) is 0 Å². The molecule has 2 heterocycles. The van der Waals surface area contributed by atoms with Crippen LogP contribution in [0.3, 0.4) is 0 Å². The summed E-state index contributed by atoms with van der Waals surface area (Å²) in [7, 11) is 0. The summed E-state index contributed by atoms with van der Waals surface area (Å²) < 4.78 is 5.63. The second-order valence-corrected chi connectivity index (χ2v) is 4.38. The van der Waals surface area contributed by atoms with Crippen molar-refractivity contribution in [3.8, 4) is 0 Å². The van der Waals surface area contributed by atoms with Crippen molar-refractivity contribution in [2.24, 2.45) is 0 Å². The molecule has 0 radical (unpaired) electrons. The first-order valence-corrected chi connectivity index (χ1v) is 6.16. The second kappa shape index (κ2) is 5.51. The van der Waals surface area contributed by atoms with Crippen LogP contribution < -0.4 is 4.90 Å². The molecule has 0 bridgehead atoms. The predicted molar refractivity (Wildman–Crippen MR) is 66.1 cm³/mol. The van der Waals surface area contributed by atoms with Gasteiger partial charge in [0.25, 0.3) is 0 Å². The van der Waals surface area contributed by atoms with Crippen molar-refractivity contribution in [1.82, 2.24) is 4.98 Å². The molecule has 1 saturated heterocycles. The maximum Gasteiger partial charge on any atom is 0.131 e. The SMILES string of the molecule is CCN(CC1CCCO1)c1cccc(Cl)n1. The summed E-state index contributed by atoms with van der Waals surface area (Å²) in [5.41, 5.74) is 0. The number of nitrogens with zero attached hydrogens (tertiary/aromatic N) is 2. The average Bonchev–Trinajstić information content (AvgIpc) is 2.78. The van der Waals surface area contributed by atoms with E-state index >= 15 is 0 Å². The number of likely N-dealkylation sites (N-methyl/N-ethyl adjacent to an activating group) is 1. The first kappa shape index (κ1) is 11.7. The molecule has 0 aliphatic carbocycles. The molecular formula is C12H17ClN2O. The Labute approximate surface area is 101 Å². The van der Waals surface area contributed by atoms with Crippen LogP contribution in [0, 0.1) is 0 Å². The van der Waals surface area contributed by atoms with E-state index in [1.54, 1.807) is 6.07 Å². The monoisotopic (exact) mass is 240 g/mol. The van der Waals surface area contributed by atoms with Gasteiger partial charge in [-0.1, -0.05) is 17.7 Å². The molecule has 1 aromatic heterocycles. The number of halogens is 1. The van der Waals surface area contributed by atoms with Crippen molar-refractivity contribution in [3.05, 3.63) is 23.4 Å². The van der Waals surface area contributed by atoms with E-state index in [4.69, 9.17) is 16.3 Å². The minimum absolute atomic E-state index is 0.348. The van der Waals surface area contributed by atoms with E-state index < -0.39 is 0 Å². The lowest BCUT2D eigenvalue weighted by Crippen LogP contribution is -2.32. The summed E-state index contributed by atoms with van der Waals surface area (Å²) >= 11 is 5.89. The first-order chi connectivity index (χ1) is 7.79. The highest BCUT2D eigenvalue weighted by molar-refractivity contribution is 6.29. The highest BCUT2D eigenvalue weighted by atomic mass is 35.5. The highest BCUT2D eigenvalue weighted by Crippen LogP contribution is 2.18. The Morgan fingerprint density at radius 1 is 1.56 bits per heavy atom. The molecule has 0 saturated carbocycles. The molecule has 0 aromatic carbocycles. The van der Waals surface area contributed by atoms with Gasteiger partial charge in [0, 0.05) is 19.7 Å². The fourth-order valence-corrected chi connectivity index (χ4v) is 2.15. The minimum Gasteiger partial charge on any atom is -0.376 e. The van der Waals surface area contributed by atoms with Crippen LogP contribution in [0.1, 0.15) is 19.8 Å². The molecule has 0 spiro atoms. The molecule has 1 aromatic rings. The Morgan fingerprint density at radius 3 is 3.06 bits per heavy atom. The van der Waals surface area contributed by atoms with Crippen molar-refractivity contribution < 1.29 is 4.74 Å². The molecule has 0 N–H and O–H groups in total. The second-order valence-electron chi connectivity index (χ2n) is 3.99. The van der Waals surface area contributed by atoms with Crippen molar-refractivity contribution >= 4 is 17.4 Å². The summed E-state index contributed by atoms with van der Waals surface area (Å²) in [6.07, 6.45) is 2.67. The molecule has 88 valence electrons. The van der Waals surface area contributed by atoms with E-state index in [1.165, 1.54) is 6.42 Å². The molecule has 1 aliphatic rings. The molecule has 2 rings (SSSR count). The topological polar surface area (TPSA) is 25.4 Å². The van der Waals surface area contributed by atoms with Gasteiger partial charge in [0.15, 0.2) is 0 Å². The first-order valence-electron chi connectivity index (χ1n) is 5.78. The zero-order valence-electron chi connectivity index (χ0n) is 9.53. The third kappa shape index (κ3) is 2.86. The van der Waals surface area contributed by atoms with Crippen molar-refractivity contribution in [3.63, 3.8) is 0 Å². The Hall–Kier alpha value is -0.800. The maximum atomic E-state index is 5.89. The van der Waals surface area contributed by atoms with E-state index in [1.807, 2.05) is 12.1 Å². The van der Waals surface area contributed by atoms with Crippen LogP contribution in [0.15, 0.2) is 18.2 Å². The average molecular weight is 241 g/mol. The number of pyridine rings is 1. The Bertz CT molecular complexity index is 340. The summed E-state index contributed by atoms with van der Waals surface area (Å²) in [6.45, 7) is 4.85. The van der Waals surface area contributed by atoms with Crippen LogP contribution in [0.25, 0.3) is 0 Å². The molecule has 1 fully saturated rings. The smallest absolute Gasteiger partial charge is 0.131 e. The molecular weight excluding hydrogens is 224 g/mol. The third-order valence-corrected chi connectivity index (χ3v) is 3.06. The Morgan fingerprint density at radius 2 is 2.44 bits per heavy atom. The lowest BCUT2D eigenvalue weighted by atomic mass is 10.2. The summed E-state index contributed by atoms with van der Waals surface area (Å²) in [5.74, 6) is 0.936. The van der Waals surface area contributed by atoms with E-state index in [0.29, 0.717) is 11.3 Å². The van der Waals surface area contributed by atoms with Crippen LogP contribution in [0.5, 0.6) is 0 Å². The number of anilines is 1. The van der Waals surface area contributed by atoms with Gasteiger partial charge < -0.3 is 9.64 Å². The highest BCUT2D eigenvalue weighted by Gasteiger charge is 2.19. The van der Waals surface area contributed by atoms with Crippen LogP contribution >= 0.6 is 11.6 Å². The fraction of sp³-hybridized carbons (Fsp3) is 0.583. The predicted octanol–water partition coefficient (Wildman–Crippen LogP) is 2.74. The maximum absolute atomic E-state index is 5.89. The van der Waals surface area contributed by atoms with Gasteiger partial charge >= 0.3 is 0 Å². The van der Waals surface area contributed by atoms with E-state index in [-0.39, 0.29) is 0 Å². The summed E-state index contributed by atoms with van der Waals surface area (Å²) in [5, 5.41) is 0.545. The fourth-order valence-electron chi connectivity index (χ4n) is 1.99. The van der Waals surface area contributed by atoms with Gasteiger partial charge in [-0.25, -0.2) is 4.98 Å². The largest absolute Gasteiger partial charge is 0.376 e. The lowest BCUT2D eigenvalue weighted by Gasteiger charge is -2.24. The van der Waals surface area contributed by atoms with Crippen molar-refractivity contribution in [2.45, 2.75) is 25.9 Å². The van der Waals surface area contributed by atoms with E-state index in [0.717, 1.165) is 31.9 Å². The van der Waals surface area contributed by atoms with Gasteiger partial charge in [-0.3, -0.25) is 0 Å². The minimum atomic E-state index is 0.348. The molecule has 1 aliphatic heterocycles. The normalized spacial score (nSPS) is 20.0. The standard InChI is InChI=1S/C12H17ClN2O/c1-2-15(9-10-5-4-8-16-10)12-7-3-6-11(13)14-12/h3,6-7,10H,2,4-5,8-9H2,1H3. The van der Waals surface area contributed by atoms with E-state index in [2.05, 4.69) is 16.8 Å². The molecule has 1 atom stereocenters. The zero-order valence-corrected chi connectivity index (χ0v) is 10.3. The molecule has 1 unspecified atom stereocenters. The van der Waals surface area contributed by atoms with Crippen LogP contribution in [-0.2, 0) is 4.74 Å². The van der Waals surface area contributed by atoms with Gasteiger partial charge in [0.1, 0.15) is 11.0 Å². The van der Waals surface area contributed by atoms with Crippen LogP contribution in [-0.4, -0.2) is 30.8 Å². The number of ether oxygens (including phenoxy) is 1. The zero-order chi connectivity index (χ0) is 11.4. The van der Waals surface area contributed by atoms with Gasteiger partial charge in [-0.2, -0.15) is 0 Å². The van der Waals surface area contributed by atoms with Gasteiger partial charge in [-0.15, -0.1) is 0 Å². The number of aromatic nitrogens is 1. The van der Waals surface area contributed by atoms with Crippen LogP contribution in [0.2, 0.25) is 5.15 Å². The number of hydrogen-bond donors (Lipinski definition) is 0. The molecule has 4 heteroatoms. The molecule has 16 heavy (non-hydrogen) atoms. The van der Waals surface area contributed by atoms with Gasteiger partial charge in [0.05, 0.1) is 6.10 Å². The Kier molecular flexibility index (Phi) is 4.02. The van der Waals surface area contributed by atoms with Crippen molar-refractivity contribution in [1.29, 1.82) is 0 Å². The molecule has 3 nitrogen and oxygen atoms in total. The quantitative estimate of drug-likeness (QED) is 0.757. The Balaban J connectivity index is 2.03.